The summed E-state index contributed by atoms with van der Waals surface area (Å²) < 4.78 is 5.66. The molecule has 0 spiro atoms. The molecule has 0 amide bonds. The monoisotopic (exact) mass is 278 g/mol. The second-order valence-electron chi connectivity index (χ2n) is 6.62. The number of furan rings is 1. The van der Waals surface area contributed by atoms with Gasteiger partial charge in [0.2, 0.25) is 0 Å². The van der Waals surface area contributed by atoms with E-state index in [0.29, 0.717) is 5.92 Å². The normalized spacial score (nSPS) is 19.6. The highest BCUT2D eigenvalue weighted by Crippen LogP contribution is 2.27. The van der Waals surface area contributed by atoms with E-state index in [1.54, 1.807) is 0 Å². The first-order valence-corrected chi connectivity index (χ1v) is 8.09. The van der Waals surface area contributed by atoms with Crippen LogP contribution >= 0.6 is 0 Å². The Morgan fingerprint density at radius 3 is 2.45 bits per heavy atom. The SMILES string of the molecule is CC(C)CC[C@H](CCN1CCN(C)CC1)c1ccco1. The van der Waals surface area contributed by atoms with Gasteiger partial charge in [0.15, 0.2) is 0 Å². The maximum Gasteiger partial charge on any atom is 0.106 e. The van der Waals surface area contributed by atoms with Gasteiger partial charge in [-0.05, 0) is 44.5 Å². The topological polar surface area (TPSA) is 19.6 Å². The Morgan fingerprint density at radius 2 is 1.85 bits per heavy atom. The van der Waals surface area contributed by atoms with Crippen molar-refractivity contribution in [3.63, 3.8) is 0 Å². The number of hydrogen-bond donors (Lipinski definition) is 0. The van der Waals surface area contributed by atoms with Gasteiger partial charge in [-0.1, -0.05) is 20.3 Å². The number of likely N-dealkylation sites (N-methyl/N-ethyl adjacent to an activating group) is 1. The van der Waals surface area contributed by atoms with Gasteiger partial charge >= 0.3 is 0 Å². The average molecular weight is 278 g/mol. The van der Waals surface area contributed by atoms with Gasteiger partial charge in [0.05, 0.1) is 6.26 Å². The Labute approximate surface area is 123 Å². The van der Waals surface area contributed by atoms with E-state index in [-0.39, 0.29) is 0 Å². The van der Waals surface area contributed by atoms with Crippen LogP contribution in [0.2, 0.25) is 0 Å². The lowest BCUT2D eigenvalue weighted by Gasteiger charge is -2.33. The first kappa shape index (κ1) is 15.6. The Bertz CT molecular complexity index is 353. The average Bonchev–Trinajstić information content (AvgIpc) is 2.94. The number of nitrogens with zero attached hydrogens (tertiary/aromatic N) is 2. The Morgan fingerprint density at radius 1 is 1.10 bits per heavy atom. The minimum absolute atomic E-state index is 0.590. The molecule has 0 aliphatic carbocycles. The maximum atomic E-state index is 5.66. The molecule has 2 rings (SSSR count). The van der Waals surface area contributed by atoms with E-state index in [0.717, 1.165) is 5.92 Å². The highest BCUT2D eigenvalue weighted by molar-refractivity contribution is 5.05. The zero-order valence-corrected chi connectivity index (χ0v) is 13.3. The molecule has 114 valence electrons. The van der Waals surface area contributed by atoms with Crippen LogP contribution < -0.4 is 0 Å². The van der Waals surface area contributed by atoms with E-state index in [9.17, 15) is 0 Å². The van der Waals surface area contributed by atoms with Crippen molar-refractivity contribution in [3.8, 4) is 0 Å². The van der Waals surface area contributed by atoms with Gasteiger partial charge in [0.25, 0.3) is 0 Å². The van der Waals surface area contributed by atoms with E-state index in [1.165, 1.54) is 57.7 Å². The predicted molar refractivity (Wildman–Crippen MR) is 84.1 cm³/mol. The predicted octanol–water partition coefficient (Wildman–Crippen LogP) is 3.44. The molecule has 0 bridgehead atoms. The van der Waals surface area contributed by atoms with Crippen LogP contribution in [-0.4, -0.2) is 49.6 Å². The van der Waals surface area contributed by atoms with Crippen LogP contribution in [0.15, 0.2) is 22.8 Å². The summed E-state index contributed by atoms with van der Waals surface area (Å²) in [5.74, 6) is 2.54. The van der Waals surface area contributed by atoms with Crippen LogP contribution in [0.4, 0.5) is 0 Å². The molecule has 1 aliphatic rings. The van der Waals surface area contributed by atoms with Gasteiger partial charge in [0, 0.05) is 32.1 Å². The molecular weight excluding hydrogens is 248 g/mol. The summed E-state index contributed by atoms with van der Waals surface area (Å²) in [5.41, 5.74) is 0. The molecule has 0 radical (unpaired) electrons. The molecule has 0 unspecified atom stereocenters. The van der Waals surface area contributed by atoms with Crippen molar-refractivity contribution >= 4 is 0 Å². The molecule has 1 fully saturated rings. The van der Waals surface area contributed by atoms with E-state index < -0.39 is 0 Å². The summed E-state index contributed by atoms with van der Waals surface area (Å²) in [5, 5.41) is 0. The minimum atomic E-state index is 0.590. The quantitative estimate of drug-likeness (QED) is 0.762. The highest BCUT2D eigenvalue weighted by Gasteiger charge is 2.19. The molecule has 0 N–H and O–H groups in total. The van der Waals surface area contributed by atoms with Crippen LogP contribution in [0.25, 0.3) is 0 Å². The van der Waals surface area contributed by atoms with Crippen molar-refractivity contribution in [3.05, 3.63) is 24.2 Å². The zero-order chi connectivity index (χ0) is 14.4. The lowest BCUT2D eigenvalue weighted by molar-refractivity contribution is 0.148. The molecule has 0 aromatic carbocycles. The standard InChI is InChI=1S/C17H30N2O/c1-15(2)6-7-16(17-5-4-14-20-17)8-9-19-12-10-18(3)11-13-19/h4-5,14-16H,6-13H2,1-3H3/t16-/m1/s1. The minimum Gasteiger partial charge on any atom is -0.469 e. The number of rotatable bonds is 7. The molecule has 1 saturated heterocycles. The maximum absolute atomic E-state index is 5.66. The van der Waals surface area contributed by atoms with Gasteiger partial charge in [-0.2, -0.15) is 0 Å². The Balaban J connectivity index is 1.81. The molecule has 1 aromatic heterocycles. The summed E-state index contributed by atoms with van der Waals surface area (Å²) >= 11 is 0. The van der Waals surface area contributed by atoms with Crippen molar-refractivity contribution in [2.24, 2.45) is 5.92 Å². The fourth-order valence-electron chi connectivity index (χ4n) is 2.90. The van der Waals surface area contributed by atoms with E-state index in [4.69, 9.17) is 4.42 Å². The van der Waals surface area contributed by atoms with Crippen molar-refractivity contribution in [2.75, 3.05) is 39.8 Å². The summed E-state index contributed by atoms with van der Waals surface area (Å²) in [7, 11) is 2.21. The van der Waals surface area contributed by atoms with E-state index >= 15 is 0 Å². The van der Waals surface area contributed by atoms with Gasteiger partial charge in [0.1, 0.15) is 5.76 Å². The van der Waals surface area contributed by atoms with Crippen molar-refractivity contribution in [2.45, 2.75) is 39.0 Å². The molecule has 2 heterocycles. The van der Waals surface area contributed by atoms with Crippen LogP contribution in [0, 0.1) is 5.92 Å². The third-order valence-electron chi connectivity index (χ3n) is 4.43. The van der Waals surface area contributed by atoms with Crippen LogP contribution in [0.3, 0.4) is 0 Å². The molecule has 1 aromatic rings. The van der Waals surface area contributed by atoms with Gasteiger partial charge < -0.3 is 14.2 Å². The Hall–Kier alpha value is -0.800. The third kappa shape index (κ3) is 4.95. The molecule has 1 atom stereocenters. The lowest BCUT2D eigenvalue weighted by atomic mass is 9.93. The summed E-state index contributed by atoms with van der Waals surface area (Å²) in [4.78, 5) is 5.02. The van der Waals surface area contributed by atoms with Crippen LogP contribution in [-0.2, 0) is 0 Å². The third-order valence-corrected chi connectivity index (χ3v) is 4.43. The second kappa shape index (κ2) is 7.84. The van der Waals surface area contributed by atoms with Crippen LogP contribution in [0.1, 0.15) is 44.8 Å². The molecule has 0 saturated carbocycles. The van der Waals surface area contributed by atoms with E-state index in [2.05, 4.69) is 36.8 Å². The molecule has 20 heavy (non-hydrogen) atoms. The fraction of sp³-hybridized carbons (Fsp3) is 0.765. The first-order chi connectivity index (χ1) is 9.65. The molecule has 3 heteroatoms. The number of hydrogen-bond acceptors (Lipinski definition) is 3. The highest BCUT2D eigenvalue weighted by atomic mass is 16.3. The second-order valence-corrected chi connectivity index (χ2v) is 6.62. The largest absolute Gasteiger partial charge is 0.469 e. The molecule has 3 nitrogen and oxygen atoms in total. The van der Waals surface area contributed by atoms with E-state index in [1.807, 2.05) is 12.3 Å². The van der Waals surface area contributed by atoms with Crippen molar-refractivity contribution in [1.29, 1.82) is 0 Å². The number of piperazine rings is 1. The summed E-state index contributed by atoms with van der Waals surface area (Å²) in [6, 6.07) is 4.17. The zero-order valence-electron chi connectivity index (χ0n) is 13.3. The van der Waals surface area contributed by atoms with Crippen molar-refractivity contribution in [1.82, 2.24) is 9.80 Å². The summed E-state index contributed by atoms with van der Waals surface area (Å²) in [6.07, 6.45) is 5.57. The van der Waals surface area contributed by atoms with Gasteiger partial charge in [-0.15, -0.1) is 0 Å². The Kier molecular flexibility index (Phi) is 6.11. The van der Waals surface area contributed by atoms with Gasteiger partial charge in [-0.3, -0.25) is 0 Å². The molecular formula is C17H30N2O. The van der Waals surface area contributed by atoms with Crippen molar-refractivity contribution < 1.29 is 4.42 Å². The lowest BCUT2D eigenvalue weighted by Crippen LogP contribution is -2.44. The smallest absolute Gasteiger partial charge is 0.106 e. The molecule has 1 aliphatic heterocycles. The van der Waals surface area contributed by atoms with Gasteiger partial charge in [-0.25, -0.2) is 0 Å². The fourth-order valence-corrected chi connectivity index (χ4v) is 2.90. The first-order valence-electron chi connectivity index (χ1n) is 8.09. The summed E-state index contributed by atoms with van der Waals surface area (Å²) in [6.45, 7) is 10.7. The van der Waals surface area contributed by atoms with Crippen LogP contribution in [0.5, 0.6) is 0 Å².